The van der Waals surface area contributed by atoms with Gasteiger partial charge in [0.1, 0.15) is 12.0 Å². The third-order valence-electron chi connectivity index (χ3n) is 5.69. The maximum absolute atomic E-state index is 13.1. The molecule has 0 unspecified atom stereocenters. The summed E-state index contributed by atoms with van der Waals surface area (Å²) < 4.78 is 1.93. The highest BCUT2D eigenvalue weighted by Gasteiger charge is 2.38. The number of para-hydroxylation sites is 1. The second kappa shape index (κ2) is 5.78. The fraction of sp³-hybridized carbons (Fsp3) is 0.0870. The van der Waals surface area contributed by atoms with Crippen LogP contribution in [-0.4, -0.2) is 39.7 Å². The molecule has 0 fully saturated rings. The van der Waals surface area contributed by atoms with Crippen LogP contribution < -0.4 is 0 Å². The maximum Gasteiger partial charge on any atom is 0.262 e. The molecule has 0 saturated carbocycles. The third-order valence-corrected chi connectivity index (χ3v) is 5.69. The van der Waals surface area contributed by atoms with Gasteiger partial charge in [0.15, 0.2) is 0 Å². The molecule has 0 spiro atoms. The van der Waals surface area contributed by atoms with Crippen molar-refractivity contribution in [2.45, 2.75) is 0 Å². The SMILES string of the molecule is CN1C(=O)c2c(-c3ccccc3O)cc3c(c2C1=O)c1cc(C=O)ccc1n3C. The van der Waals surface area contributed by atoms with Gasteiger partial charge in [0.25, 0.3) is 11.8 Å². The van der Waals surface area contributed by atoms with Gasteiger partial charge in [-0.25, -0.2) is 0 Å². The molecule has 2 amide bonds. The summed E-state index contributed by atoms with van der Waals surface area (Å²) in [6, 6.07) is 13.9. The van der Waals surface area contributed by atoms with Crippen LogP contribution in [0.1, 0.15) is 31.1 Å². The molecule has 142 valence electrons. The van der Waals surface area contributed by atoms with Crippen molar-refractivity contribution in [2.24, 2.45) is 7.05 Å². The number of hydrogen-bond acceptors (Lipinski definition) is 4. The van der Waals surface area contributed by atoms with Crippen molar-refractivity contribution in [2.75, 3.05) is 7.05 Å². The maximum atomic E-state index is 13.1. The lowest BCUT2D eigenvalue weighted by atomic mass is 9.92. The monoisotopic (exact) mass is 384 g/mol. The molecule has 1 aliphatic rings. The second-order valence-electron chi connectivity index (χ2n) is 7.21. The van der Waals surface area contributed by atoms with Crippen LogP contribution in [0.15, 0.2) is 48.5 Å². The number of aldehydes is 1. The van der Waals surface area contributed by atoms with Gasteiger partial charge in [-0.1, -0.05) is 18.2 Å². The van der Waals surface area contributed by atoms with Crippen molar-refractivity contribution in [1.82, 2.24) is 9.47 Å². The van der Waals surface area contributed by atoms with Crippen LogP contribution in [0.5, 0.6) is 5.75 Å². The van der Waals surface area contributed by atoms with Gasteiger partial charge in [-0.2, -0.15) is 0 Å². The van der Waals surface area contributed by atoms with E-state index in [1.165, 1.54) is 7.05 Å². The first kappa shape index (κ1) is 17.2. The van der Waals surface area contributed by atoms with Gasteiger partial charge in [-0.15, -0.1) is 0 Å². The van der Waals surface area contributed by atoms with Crippen molar-refractivity contribution in [3.8, 4) is 16.9 Å². The molecule has 29 heavy (non-hydrogen) atoms. The topological polar surface area (TPSA) is 79.6 Å². The lowest BCUT2D eigenvalue weighted by molar-refractivity contribution is 0.0693. The average molecular weight is 384 g/mol. The fourth-order valence-corrected chi connectivity index (χ4v) is 4.23. The first-order valence-corrected chi connectivity index (χ1v) is 9.09. The van der Waals surface area contributed by atoms with E-state index < -0.39 is 11.8 Å². The number of aromatic hydroxyl groups is 1. The number of aryl methyl sites for hydroxylation is 1. The van der Waals surface area contributed by atoms with Crippen molar-refractivity contribution >= 4 is 39.9 Å². The van der Waals surface area contributed by atoms with Crippen LogP contribution >= 0.6 is 0 Å². The summed E-state index contributed by atoms with van der Waals surface area (Å²) in [5.41, 5.74) is 3.66. The predicted molar refractivity (Wildman–Crippen MR) is 109 cm³/mol. The zero-order valence-corrected chi connectivity index (χ0v) is 15.8. The summed E-state index contributed by atoms with van der Waals surface area (Å²) in [6.45, 7) is 0. The molecule has 0 radical (unpaired) electrons. The Labute approximate surface area is 165 Å². The minimum absolute atomic E-state index is 0.0332. The summed E-state index contributed by atoms with van der Waals surface area (Å²) in [5, 5.41) is 11.8. The molecule has 6 nitrogen and oxygen atoms in total. The van der Waals surface area contributed by atoms with Crippen molar-refractivity contribution in [3.63, 3.8) is 0 Å². The predicted octanol–water partition coefficient (Wildman–Crippen LogP) is 3.74. The van der Waals surface area contributed by atoms with E-state index in [0.29, 0.717) is 27.6 Å². The smallest absolute Gasteiger partial charge is 0.262 e. The van der Waals surface area contributed by atoms with Crippen molar-refractivity contribution in [1.29, 1.82) is 0 Å². The third kappa shape index (κ3) is 2.14. The highest BCUT2D eigenvalue weighted by Crippen LogP contribution is 2.43. The van der Waals surface area contributed by atoms with Crippen LogP contribution in [0.25, 0.3) is 32.9 Å². The zero-order valence-electron chi connectivity index (χ0n) is 15.8. The van der Waals surface area contributed by atoms with Gasteiger partial charge in [0.05, 0.1) is 16.6 Å². The summed E-state index contributed by atoms with van der Waals surface area (Å²) in [6.07, 6.45) is 0.758. The van der Waals surface area contributed by atoms with Gasteiger partial charge in [0.2, 0.25) is 0 Å². The van der Waals surface area contributed by atoms with E-state index in [-0.39, 0.29) is 11.3 Å². The van der Waals surface area contributed by atoms with Crippen LogP contribution in [0.4, 0.5) is 0 Å². The first-order valence-electron chi connectivity index (χ1n) is 9.09. The molecule has 0 saturated heterocycles. The minimum atomic E-state index is -0.409. The molecular weight excluding hydrogens is 368 g/mol. The first-order chi connectivity index (χ1) is 13.9. The van der Waals surface area contributed by atoms with E-state index in [2.05, 4.69) is 0 Å². The number of imide groups is 1. The minimum Gasteiger partial charge on any atom is -0.507 e. The fourth-order valence-electron chi connectivity index (χ4n) is 4.23. The summed E-state index contributed by atoms with van der Waals surface area (Å²) >= 11 is 0. The standard InChI is InChI=1S/C23H16N2O4/c1-24-16-8-7-12(11-26)9-15(16)19-17(24)10-14(13-5-3-4-6-18(13)27)20-21(19)23(29)25(2)22(20)28/h3-11,27H,1-2H3. The van der Waals surface area contributed by atoms with E-state index in [1.54, 1.807) is 36.4 Å². The Morgan fingerprint density at radius 3 is 2.31 bits per heavy atom. The number of phenolic OH excluding ortho intramolecular Hbond substituents is 1. The van der Waals surface area contributed by atoms with Crippen LogP contribution in [0, 0.1) is 0 Å². The van der Waals surface area contributed by atoms with Gasteiger partial charge < -0.3 is 9.67 Å². The largest absolute Gasteiger partial charge is 0.507 e. The Morgan fingerprint density at radius 2 is 1.59 bits per heavy atom. The number of benzene rings is 3. The zero-order chi connectivity index (χ0) is 20.4. The van der Waals surface area contributed by atoms with E-state index >= 15 is 0 Å². The Balaban J connectivity index is 2.03. The van der Waals surface area contributed by atoms with Gasteiger partial charge in [-0.3, -0.25) is 19.3 Å². The molecule has 1 aromatic heterocycles. The van der Waals surface area contributed by atoms with Gasteiger partial charge >= 0.3 is 0 Å². The number of fused-ring (bicyclic) bond motifs is 5. The van der Waals surface area contributed by atoms with E-state index in [0.717, 1.165) is 27.6 Å². The molecule has 6 heteroatoms. The Kier molecular flexibility index (Phi) is 3.43. The molecule has 2 heterocycles. The molecular formula is C23H16N2O4. The van der Waals surface area contributed by atoms with Crippen LogP contribution in [0.3, 0.4) is 0 Å². The van der Waals surface area contributed by atoms with Crippen LogP contribution in [0.2, 0.25) is 0 Å². The molecule has 4 aromatic rings. The lowest BCUT2D eigenvalue weighted by Gasteiger charge is -2.11. The number of nitrogens with zero attached hydrogens (tertiary/aromatic N) is 2. The number of aromatic nitrogens is 1. The normalized spacial score (nSPS) is 13.5. The average Bonchev–Trinajstić information content (AvgIpc) is 3.14. The number of rotatable bonds is 2. The summed E-state index contributed by atoms with van der Waals surface area (Å²) in [7, 11) is 3.32. The number of carbonyl (C=O) groups is 3. The molecule has 3 aromatic carbocycles. The van der Waals surface area contributed by atoms with E-state index in [4.69, 9.17) is 0 Å². The number of amides is 2. The highest BCUT2D eigenvalue weighted by molar-refractivity contribution is 6.32. The molecule has 1 N–H and O–H groups in total. The summed E-state index contributed by atoms with van der Waals surface area (Å²) in [5.74, 6) is -0.768. The van der Waals surface area contributed by atoms with Crippen molar-refractivity contribution < 1.29 is 19.5 Å². The number of hydrogen-bond donors (Lipinski definition) is 1. The second-order valence-corrected chi connectivity index (χ2v) is 7.21. The Bertz CT molecular complexity index is 1400. The lowest BCUT2D eigenvalue weighted by Crippen LogP contribution is -2.24. The summed E-state index contributed by atoms with van der Waals surface area (Å²) in [4.78, 5) is 38.4. The van der Waals surface area contributed by atoms with Crippen LogP contribution in [-0.2, 0) is 7.05 Å². The van der Waals surface area contributed by atoms with E-state index in [9.17, 15) is 19.5 Å². The molecule has 0 bridgehead atoms. The number of phenols is 1. The Morgan fingerprint density at radius 1 is 0.862 bits per heavy atom. The van der Waals surface area contributed by atoms with Crippen molar-refractivity contribution in [3.05, 3.63) is 65.2 Å². The Hall–Kier alpha value is -3.93. The van der Waals surface area contributed by atoms with Gasteiger partial charge in [0, 0.05) is 47.1 Å². The molecule has 1 aliphatic heterocycles. The quantitative estimate of drug-likeness (QED) is 0.422. The van der Waals surface area contributed by atoms with E-state index in [1.807, 2.05) is 23.7 Å². The number of carbonyl (C=O) groups excluding carboxylic acids is 3. The molecule has 5 rings (SSSR count). The highest BCUT2D eigenvalue weighted by atomic mass is 16.3. The van der Waals surface area contributed by atoms with Gasteiger partial charge in [-0.05, 0) is 30.3 Å². The molecule has 0 atom stereocenters. The molecule has 0 aliphatic carbocycles.